The number of aromatic nitrogens is 1. The number of amides is 2. The molecule has 4 aromatic rings. The Morgan fingerprint density at radius 3 is 2.54 bits per heavy atom. The summed E-state index contributed by atoms with van der Waals surface area (Å²) in [6.45, 7) is 0.364. The molecule has 0 bridgehead atoms. The molecule has 1 aliphatic rings. The lowest BCUT2D eigenvalue weighted by molar-refractivity contribution is -0.137. The Morgan fingerprint density at radius 2 is 1.79 bits per heavy atom. The molecule has 1 aliphatic heterocycles. The van der Waals surface area contributed by atoms with Gasteiger partial charge in [-0.3, -0.25) is 9.88 Å². The van der Waals surface area contributed by atoms with Gasteiger partial charge in [-0.25, -0.2) is 4.79 Å². The van der Waals surface area contributed by atoms with Crippen LogP contribution < -0.4 is 29.2 Å². The van der Waals surface area contributed by atoms with Crippen LogP contribution in [0.3, 0.4) is 0 Å². The number of alkyl halides is 3. The van der Waals surface area contributed by atoms with E-state index in [-0.39, 0.29) is 18.8 Å². The highest BCUT2D eigenvalue weighted by Crippen LogP contribution is 2.40. The molecular weight excluding hydrogens is 539 g/mol. The number of carbonyl (C=O) groups excluding carboxylic acids is 1. The fraction of sp³-hybridized carbons (Fsp3) is 0.185. The van der Waals surface area contributed by atoms with Gasteiger partial charge in [-0.2, -0.15) is 13.2 Å². The lowest BCUT2D eigenvalue weighted by Crippen LogP contribution is -2.40. The minimum absolute atomic E-state index is 0.0404. The lowest BCUT2D eigenvalue weighted by Gasteiger charge is -2.30. The van der Waals surface area contributed by atoms with Crippen LogP contribution in [0.15, 0.2) is 60.8 Å². The quantitative estimate of drug-likeness (QED) is 0.280. The van der Waals surface area contributed by atoms with Crippen molar-refractivity contribution in [3.8, 4) is 28.7 Å². The van der Waals surface area contributed by atoms with Gasteiger partial charge >= 0.3 is 12.2 Å². The summed E-state index contributed by atoms with van der Waals surface area (Å²) in [5.74, 6) is 2.36. The van der Waals surface area contributed by atoms with E-state index in [0.717, 1.165) is 12.1 Å². The number of nitrogens with zero attached hydrogens (tertiary/aromatic N) is 2. The highest BCUT2D eigenvalue weighted by atomic mass is 35.5. The van der Waals surface area contributed by atoms with E-state index in [4.69, 9.17) is 30.5 Å². The van der Waals surface area contributed by atoms with Gasteiger partial charge in [0.2, 0.25) is 0 Å². The van der Waals surface area contributed by atoms with Gasteiger partial charge in [0.1, 0.15) is 23.9 Å². The Bertz CT molecular complexity index is 1560. The fourth-order valence-electron chi connectivity index (χ4n) is 4.15. The number of carbonyl (C=O) groups is 1. The molecule has 2 amide bonds. The Labute approximate surface area is 225 Å². The van der Waals surface area contributed by atoms with Crippen LogP contribution in [0, 0.1) is 0 Å². The number of pyridine rings is 1. The molecule has 0 spiro atoms. The molecule has 2 heterocycles. The molecular formula is C27H21ClF3N3O5. The Morgan fingerprint density at radius 1 is 1.03 bits per heavy atom. The van der Waals surface area contributed by atoms with E-state index in [2.05, 4.69) is 10.3 Å². The number of hydrogen-bond donors (Lipinski definition) is 1. The van der Waals surface area contributed by atoms with E-state index < -0.39 is 22.8 Å². The molecule has 0 radical (unpaired) electrons. The number of halogens is 4. The van der Waals surface area contributed by atoms with Gasteiger partial charge in [-0.05, 0) is 42.5 Å². The van der Waals surface area contributed by atoms with Gasteiger partial charge in [-0.15, -0.1) is 0 Å². The molecule has 3 aromatic carbocycles. The number of ether oxygens (including phenoxy) is 4. The van der Waals surface area contributed by atoms with Crippen molar-refractivity contribution in [3.05, 3.63) is 71.4 Å². The van der Waals surface area contributed by atoms with Gasteiger partial charge in [0.25, 0.3) is 0 Å². The van der Waals surface area contributed by atoms with E-state index >= 15 is 0 Å². The molecule has 12 heteroatoms. The minimum atomic E-state index is -4.66. The molecule has 0 aliphatic carbocycles. The predicted octanol–water partition coefficient (Wildman–Crippen LogP) is 7.15. The molecule has 0 unspecified atom stereocenters. The van der Waals surface area contributed by atoms with Crippen LogP contribution in [-0.4, -0.2) is 38.4 Å². The van der Waals surface area contributed by atoms with Crippen LogP contribution in [0.4, 0.5) is 29.3 Å². The number of rotatable bonds is 5. The van der Waals surface area contributed by atoms with E-state index in [0.29, 0.717) is 45.3 Å². The van der Waals surface area contributed by atoms with Crippen molar-refractivity contribution in [2.45, 2.75) is 6.18 Å². The summed E-state index contributed by atoms with van der Waals surface area (Å²) in [4.78, 5) is 18.7. The molecule has 0 fully saturated rings. The molecule has 0 saturated carbocycles. The van der Waals surface area contributed by atoms with Crippen molar-refractivity contribution in [1.82, 2.24) is 4.98 Å². The molecule has 0 saturated heterocycles. The lowest BCUT2D eigenvalue weighted by atomic mass is 10.1. The van der Waals surface area contributed by atoms with E-state index in [1.165, 1.54) is 25.2 Å². The number of urea groups is 1. The largest absolute Gasteiger partial charge is 0.493 e. The van der Waals surface area contributed by atoms with E-state index in [9.17, 15) is 18.0 Å². The van der Waals surface area contributed by atoms with Gasteiger partial charge in [-0.1, -0.05) is 11.6 Å². The van der Waals surface area contributed by atoms with Crippen LogP contribution >= 0.6 is 11.6 Å². The summed E-state index contributed by atoms with van der Waals surface area (Å²) < 4.78 is 62.3. The number of methoxy groups -OCH3 is 2. The topological polar surface area (TPSA) is 82.2 Å². The number of nitrogens with one attached hydrogen (secondary N) is 1. The molecule has 39 heavy (non-hydrogen) atoms. The number of fused-ring (bicyclic) bond motifs is 2. The predicted molar refractivity (Wildman–Crippen MR) is 140 cm³/mol. The second-order valence-corrected chi connectivity index (χ2v) is 8.79. The highest BCUT2D eigenvalue weighted by Gasteiger charge is 2.34. The average Bonchev–Trinajstić information content (AvgIpc) is 2.92. The molecule has 0 atom stereocenters. The second kappa shape index (κ2) is 10.4. The van der Waals surface area contributed by atoms with Crippen LogP contribution in [-0.2, 0) is 6.18 Å². The number of anilines is 2. The zero-order valence-corrected chi connectivity index (χ0v) is 21.4. The summed E-state index contributed by atoms with van der Waals surface area (Å²) in [6, 6.07) is 12.7. The average molecular weight is 560 g/mol. The maximum Gasteiger partial charge on any atom is 0.417 e. The Kier molecular flexibility index (Phi) is 7.00. The van der Waals surface area contributed by atoms with Gasteiger partial charge in [0, 0.05) is 29.4 Å². The molecule has 1 aromatic heterocycles. The first-order valence-electron chi connectivity index (χ1n) is 11.6. The van der Waals surface area contributed by atoms with Crippen LogP contribution in [0.5, 0.6) is 28.7 Å². The zero-order valence-electron chi connectivity index (χ0n) is 20.6. The number of hydrogen-bond acceptors (Lipinski definition) is 6. The highest BCUT2D eigenvalue weighted by molar-refractivity contribution is 6.31. The SMILES string of the molecule is COc1cc2nccc(Oc3ccc4c(c3)OCCN4C(=O)Nc3ccc(Cl)c(C(F)(F)F)c3)c2cc1OC. The Hall–Kier alpha value is -4.38. The monoisotopic (exact) mass is 559 g/mol. The van der Waals surface area contributed by atoms with Gasteiger partial charge in [0.15, 0.2) is 11.5 Å². The fourth-order valence-corrected chi connectivity index (χ4v) is 4.37. The smallest absolute Gasteiger partial charge is 0.417 e. The second-order valence-electron chi connectivity index (χ2n) is 8.39. The minimum Gasteiger partial charge on any atom is -0.493 e. The van der Waals surface area contributed by atoms with Crippen molar-refractivity contribution in [2.24, 2.45) is 0 Å². The van der Waals surface area contributed by atoms with E-state index in [1.807, 2.05) is 0 Å². The van der Waals surface area contributed by atoms with Crippen molar-refractivity contribution < 1.29 is 36.9 Å². The van der Waals surface area contributed by atoms with Crippen LogP contribution in [0.1, 0.15) is 5.56 Å². The zero-order chi connectivity index (χ0) is 27.7. The molecule has 8 nitrogen and oxygen atoms in total. The third-order valence-corrected chi connectivity index (χ3v) is 6.33. The summed E-state index contributed by atoms with van der Waals surface area (Å²) in [6.07, 6.45) is -3.05. The summed E-state index contributed by atoms with van der Waals surface area (Å²) in [5, 5.41) is 2.74. The molecule has 1 N–H and O–H groups in total. The maximum atomic E-state index is 13.2. The standard InChI is InChI=1S/C27H21ClF3N3O5/c1-36-24-13-17-20(14-25(24)37-2)32-8-7-22(17)39-16-4-6-21-23(12-16)38-10-9-34(21)26(35)33-15-3-5-19(28)18(11-15)27(29,30)31/h3-8,11-14H,9-10H2,1-2H3,(H,33,35). The van der Waals surface area contributed by atoms with E-state index in [1.54, 1.807) is 42.6 Å². The Balaban J connectivity index is 1.39. The van der Waals surface area contributed by atoms with Crippen LogP contribution in [0.25, 0.3) is 10.9 Å². The third kappa shape index (κ3) is 5.30. The third-order valence-electron chi connectivity index (χ3n) is 6.00. The first-order valence-corrected chi connectivity index (χ1v) is 12.0. The maximum absolute atomic E-state index is 13.2. The van der Waals surface area contributed by atoms with Crippen molar-refractivity contribution in [2.75, 3.05) is 37.6 Å². The normalized spacial score (nSPS) is 12.9. The van der Waals surface area contributed by atoms with Crippen molar-refractivity contribution in [3.63, 3.8) is 0 Å². The first kappa shape index (κ1) is 26.2. The van der Waals surface area contributed by atoms with Crippen molar-refractivity contribution in [1.29, 1.82) is 0 Å². The van der Waals surface area contributed by atoms with Gasteiger partial charge in [0.05, 0.1) is 42.6 Å². The first-order chi connectivity index (χ1) is 18.7. The summed E-state index contributed by atoms with van der Waals surface area (Å²) >= 11 is 5.68. The summed E-state index contributed by atoms with van der Waals surface area (Å²) in [7, 11) is 3.07. The van der Waals surface area contributed by atoms with Gasteiger partial charge < -0.3 is 24.3 Å². The molecule has 5 rings (SSSR count). The van der Waals surface area contributed by atoms with Crippen molar-refractivity contribution >= 4 is 39.9 Å². The summed E-state index contributed by atoms with van der Waals surface area (Å²) in [5.41, 5.74) is -0.00707. The molecule has 202 valence electrons. The number of benzene rings is 3. The van der Waals surface area contributed by atoms with Crippen LogP contribution in [0.2, 0.25) is 5.02 Å².